The molecule has 2 aromatic rings. The van der Waals surface area contributed by atoms with Crippen LogP contribution in [0.5, 0.6) is 0 Å². The molecule has 1 aromatic carbocycles. The normalized spacial score (nSPS) is 21.8. The molecule has 1 N–H and O–H groups in total. The molecule has 1 saturated carbocycles. The fourth-order valence-electron chi connectivity index (χ4n) is 5.28. The molecule has 5 rings (SSSR count). The Balaban J connectivity index is 1.65. The fraction of sp³-hybridized carbons (Fsp3) is 0.423. The molecule has 7 heteroatoms. The second-order valence-corrected chi connectivity index (χ2v) is 9.53. The summed E-state index contributed by atoms with van der Waals surface area (Å²) in [4.78, 5) is 40.1. The maximum absolute atomic E-state index is 13.6. The Morgan fingerprint density at radius 1 is 1.12 bits per heavy atom. The van der Waals surface area contributed by atoms with E-state index in [1.54, 1.807) is 25.1 Å². The lowest BCUT2D eigenvalue weighted by atomic mass is 9.75. The van der Waals surface area contributed by atoms with Gasteiger partial charge in [-0.2, -0.15) is 0 Å². The van der Waals surface area contributed by atoms with E-state index in [0.717, 1.165) is 44.2 Å². The number of carbonyl (C=O) groups excluding carboxylic acids is 2. The number of hydrogen-bond acceptors (Lipinski definition) is 6. The predicted octanol–water partition coefficient (Wildman–Crippen LogP) is 5.29. The summed E-state index contributed by atoms with van der Waals surface area (Å²) in [6, 6.07) is 4.85. The number of hydrogen-bond donors (Lipinski definition) is 1. The maximum atomic E-state index is 13.6. The van der Waals surface area contributed by atoms with E-state index in [4.69, 9.17) is 20.8 Å². The van der Waals surface area contributed by atoms with Gasteiger partial charge >= 0.3 is 5.97 Å². The van der Waals surface area contributed by atoms with Crippen LogP contribution in [-0.4, -0.2) is 17.9 Å². The summed E-state index contributed by atoms with van der Waals surface area (Å²) < 4.78 is 11.7. The van der Waals surface area contributed by atoms with Gasteiger partial charge in [-0.25, -0.2) is 4.79 Å². The van der Waals surface area contributed by atoms with E-state index < -0.39 is 11.9 Å². The van der Waals surface area contributed by atoms with Gasteiger partial charge in [0.1, 0.15) is 11.7 Å². The summed E-state index contributed by atoms with van der Waals surface area (Å²) in [5.41, 5.74) is 2.52. The van der Waals surface area contributed by atoms with Crippen molar-refractivity contribution in [1.82, 2.24) is 5.32 Å². The molecule has 0 saturated heterocycles. The average molecular weight is 468 g/mol. The van der Waals surface area contributed by atoms with Crippen LogP contribution >= 0.6 is 11.6 Å². The van der Waals surface area contributed by atoms with Crippen LogP contribution in [0.4, 0.5) is 0 Å². The second kappa shape index (κ2) is 8.82. The molecule has 2 heterocycles. The van der Waals surface area contributed by atoms with Crippen molar-refractivity contribution < 1.29 is 18.7 Å². The minimum absolute atomic E-state index is 0.0604. The lowest BCUT2D eigenvalue weighted by molar-refractivity contribution is -0.146. The molecular formula is C26H26ClNO5. The van der Waals surface area contributed by atoms with Gasteiger partial charge in [0.05, 0.1) is 23.1 Å². The van der Waals surface area contributed by atoms with Crippen molar-refractivity contribution in [2.75, 3.05) is 0 Å². The van der Waals surface area contributed by atoms with E-state index in [-0.39, 0.29) is 22.9 Å². The minimum atomic E-state index is -0.829. The monoisotopic (exact) mass is 467 g/mol. The van der Waals surface area contributed by atoms with Crippen molar-refractivity contribution in [3.63, 3.8) is 0 Å². The first-order valence-electron chi connectivity index (χ1n) is 11.6. The van der Waals surface area contributed by atoms with Crippen LogP contribution in [0.25, 0.3) is 11.0 Å². The average Bonchev–Trinajstić information content (AvgIpc) is 2.80. The van der Waals surface area contributed by atoms with Crippen molar-refractivity contribution in [3.05, 3.63) is 67.8 Å². The number of nitrogens with one attached hydrogen (secondary N) is 1. The number of fused-ring (bicyclic) bond motifs is 1. The summed E-state index contributed by atoms with van der Waals surface area (Å²) in [6.07, 6.45) is 7.90. The molecule has 1 atom stereocenters. The molecular weight excluding hydrogens is 442 g/mol. The Morgan fingerprint density at radius 2 is 1.91 bits per heavy atom. The number of allylic oxidation sites excluding steroid dienone is 3. The first-order chi connectivity index (χ1) is 15.9. The number of Topliss-reactive ketones (excluding diaryl/α,β-unsaturated/α-hetero) is 1. The zero-order valence-electron chi connectivity index (χ0n) is 18.5. The van der Waals surface area contributed by atoms with Crippen molar-refractivity contribution in [3.8, 4) is 0 Å². The standard InChI is InChI=1S/C26H26ClNO5/c1-14-22(26(31)33-16-6-3-2-4-7-16)23(24-19(28-14)8-5-9-20(24)29)18-13-32-21-11-10-15(27)12-17(21)25(18)30/h10-13,16,23,28H,2-9H2,1H3. The van der Waals surface area contributed by atoms with Crippen LogP contribution in [0.2, 0.25) is 5.02 Å². The Labute approximate surface area is 196 Å². The number of benzene rings is 1. The van der Waals surface area contributed by atoms with Gasteiger partial charge in [-0.15, -0.1) is 0 Å². The molecule has 33 heavy (non-hydrogen) atoms. The van der Waals surface area contributed by atoms with E-state index in [2.05, 4.69) is 5.32 Å². The smallest absolute Gasteiger partial charge is 0.337 e. The Kier molecular flexibility index (Phi) is 5.87. The molecule has 0 bridgehead atoms. The third-order valence-electron chi connectivity index (χ3n) is 6.89. The molecule has 172 valence electrons. The third-order valence-corrected chi connectivity index (χ3v) is 7.13. The zero-order valence-corrected chi connectivity index (χ0v) is 19.3. The predicted molar refractivity (Wildman–Crippen MR) is 125 cm³/mol. The third kappa shape index (κ3) is 4.01. The van der Waals surface area contributed by atoms with Crippen LogP contribution in [0.3, 0.4) is 0 Å². The summed E-state index contributed by atoms with van der Waals surface area (Å²) in [6.45, 7) is 1.80. The molecule has 1 unspecified atom stereocenters. The molecule has 0 amide bonds. The highest BCUT2D eigenvalue weighted by atomic mass is 35.5. The van der Waals surface area contributed by atoms with Gasteiger partial charge in [0.2, 0.25) is 0 Å². The van der Waals surface area contributed by atoms with Gasteiger partial charge in [0.15, 0.2) is 11.2 Å². The maximum Gasteiger partial charge on any atom is 0.337 e. The summed E-state index contributed by atoms with van der Waals surface area (Å²) >= 11 is 6.14. The SMILES string of the molecule is CC1=C(C(=O)OC2CCCCC2)C(c2coc3ccc(Cl)cc3c2=O)C2=C(CCCC2=O)N1. The van der Waals surface area contributed by atoms with E-state index in [9.17, 15) is 14.4 Å². The van der Waals surface area contributed by atoms with Crippen LogP contribution in [0.1, 0.15) is 69.8 Å². The molecule has 0 radical (unpaired) electrons. The number of esters is 1. The van der Waals surface area contributed by atoms with Gasteiger partial charge in [0.25, 0.3) is 0 Å². The van der Waals surface area contributed by atoms with Gasteiger partial charge in [-0.05, 0) is 63.6 Å². The molecule has 1 fully saturated rings. The van der Waals surface area contributed by atoms with Crippen LogP contribution < -0.4 is 10.7 Å². The highest BCUT2D eigenvalue weighted by Crippen LogP contribution is 2.42. The lowest BCUT2D eigenvalue weighted by Crippen LogP contribution is -2.37. The molecule has 0 spiro atoms. The van der Waals surface area contributed by atoms with Crippen LogP contribution in [0, 0.1) is 0 Å². The van der Waals surface area contributed by atoms with E-state index in [1.807, 2.05) is 0 Å². The summed E-state index contributed by atoms with van der Waals surface area (Å²) in [5, 5.41) is 4.00. The fourth-order valence-corrected chi connectivity index (χ4v) is 5.45. The van der Waals surface area contributed by atoms with Crippen molar-refractivity contribution in [2.24, 2.45) is 0 Å². The van der Waals surface area contributed by atoms with Crippen molar-refractivity contribution >= 4 is 34.3 Å². The highest BCUT2D eigenvalue weighted by Gasteiger charge is 2.41. The van der Waals surface area contributed by atoms with E-state index >= 15 is 0 Å². The van der Waals surface area contributed by atoms with Gasteiger partial charge in [-0.1, -0.05) is 18.0 Å². The topological polar surface area (TPSA) is 85.6 Å². The minimum Gasteiger partial charge on any atom is -0.464 e. The Bertz CT molecular complexity index is 1270. The molecule has 2 aliphatic carbocycles. The van der Waals surface area contributed by atoms with Gasteiger partial charge in [-0.3, -0.25) is 9.59 Å². The van der Waals surface area contributed by atoms with Gasteiger partial charge < -0.3 is 14.5 Å². The molecule has 1 aliphatic heterocycles. The molecule has 1 aromatic heterocycles. The second-order valence-electron chi connectivity index (χ2n) is 9.09. The van der Waals surface area contributed by atoms with Crippen molar-refractivity contribution in [2.45, 2.75) is 70.3 Å². The number of rotatable bonds is 3. The van der Waals surface area contributed by atoms with Gasteiger partial charge in [0, 0.05) is 34.0 Å². The summed E-state index contributed by atoms with van der Waals surface area (Å²) in [5.74, 6) is -1.37. The zero-order chi connectivity index (χ0) is 23.1. The quantitative estimate of drug-likeness (QED) is 0.617. The molecule has 3 aliphatic rings. The first-order valence-corrected chi connectivity index (χ1v) is 12.0. The lowest BCUT2D eigenvalue weighted by Gasteiger charge is -2.34. The first kappa shape index (κ1) is 22.0. The Hall–Kier alpha value is -2.86. The van der Waals surface area contributed by atoms with E-state index in [1.165, 1.54) is 6.26 Å². The van der Waals surface area contributed by atoms with Crippen molar-refractivity contribution in [1.29, 1.82) is 0 Å². The van der Waals surface area contributed by atoms with Crippen LogP contribution in [-0.2, 0) is 14.3 Å². The number of halogens is 1. The van der Waals surface area contributed by atoms with E-state index in [0.29, 0.717) is 45.7 Å². The number of ketones is 1. The number of dihydropyridines is 1. The van der Waals surface area contributed by atoms with Crippen LogP contribution in [0.15, 0.2) is 56.2 Å². The largest absolute Gasteiger partial charge is 0.464 e. The summed E-state index contributed by atoms with van der Waals surface area (Å²) in [7, 11) is 0. The Morgan fingerprint density at radius 3 is 2.70 bits per heavy atom. The number of carbonyl (C=O) groups is 2. The number of ether oxygens (including phenoxy) is 1. The molecule has 6 nitrogen and oxygen atoms in total. The highest BCUT2D eigenvalue weighted by molar-refractivity contribution is 6.31.